The zero-order chi connectivity index (χ0) is 39.2. The summed E-state index contributed by atoms with van der Waals surface area (Å²) in [7, 11) is 0. The highest BCUT2D eigenvalue weighted by Gasteiger charge is 2.35. The third-order valence-electron chi connectivity index (χ3n) is 12.8. The molecular formula is C56H39N3. The monoisotopic (exact) mass is 753 g/mol. The number of aromatic nitrogens is 3. The smallest absolute Gasteiger partial charge is 0.138 e. The van der Waals surface area contributed by atoms with Gasteiger partial charge >= 0.3 is 0 Å². The Morgan fingerprint density at radius 2 is 0.932 bits per heavy atom. The van der Waals surface area contributed by atoms with E-state index < -0.39 is 0 Å². The SMILES string of the molecule is CC1(C)c2ccccc2-c2ccc(-c3cccc(-c4ccnc(-n5c6ccccc6c6cc(-c7ccc8c9ccccc9n(-c9ccccc9)c8c7)ccc65)c4)c3)cc21. The Balaban J connectivity index is 0.945. The van der Waals surface area contributed by atoms with Gasteiger partial charge in [0, 0.05) is 38.8 Å². The maximum Gasteiger partial charge on any atom is 0.138 e. The van der Waals surface area contributed by atoms with Crippen LogP contribution in [-0.4, -0.2) is 14.1 Å². The minimum Gasteiger partial charge on any atom is -0.309 e. The summed E-state index contributed by atoms with van der Waals surface area (Å²) in [5, 5.41) is 4.93. The van der Waals surface area contributed by atoms with E-state index in [2.05, 4.69) is 217 Å². The van der Waals surface area contributed by atoms with E-state index in [0.29, 0.717) is 0 Å². The summed E-state index contributed by atoms with van der Waals surface area (Å²) in [5.41, 5.74) is 18.4. The second kappa shape index (κ2) is 12.8. The Morgan fingerprint density at radius 3 is 1.76 bits per heavy atom. The van der Waals surface area contributed by atoms with Gasteiger partial charge in [-0.1, -0.05) is 141 Å². The maximum absolute atomic E-state index is 5.00. The topological polar surface area (TPSA) is 22.8 Å². The summed E-state index contributed by atoms with van der Waals surface area (Å²) in [6.45, 7) is 4.69. The molecule has 3 nitrogen and oxygen atoms in total. The molecule has 0 spiro atoms. The van der Waals surface area contributed by atoms with Crippen LogP contribution in [0, 0.1) is 0 Å². The summed E-state index contributed by atoms with van der Waals surface area (Å²) in [4.78, 5) is 5.00. The summed E-state index contributed by atoms with van der Waals surface area (Å²) in [6, 6.07) is 71.0. The van der Waals surface area contributed by atoms with Gasteiger partial charge in [0.05, 0.1) is 22.1 Å². The fraction of sp³-hybridized carbons (Fsp3) is 0.0536. The van der Waals surface area contributed by atoms with Gasteiger partial charge in [0.15, 0.2) is 0 Å². The Bertz CT molecular complexity index is 3470. The fourth-order valence-corrected chi connectivity index (χ4v) is 9.89. The summed E-state index contributed by atoms with van der Waals surface area (Å²) >= 11 is 0. The third kappa shape index (κ3) is 5.11. The van der Waals surface area contributed by atoms with Crippen LogP contribution in [0.2, 0.25) is 0 Å². The molecule has 3 heterocycles. The number of benzene rings is 8. The van der Waals surface area contributed by atoms with Gasteiger partial charge in [-0.2, -0.15) is 0 Å². The van der Waals surface area contributed by atoms with E-state index in [1.807, 2.05) is 6.20 Å². The summed E-state index contributed by atoms with van der Waals surface area (Å²) in [6.07, 6.45) is 1.95. The first kappa shape index (κ1) is 33.6. The molecule has 3 heteroatoms. The average molecular weight is 754 g/mol. The van der Waals surface area contributed by atoms with Crippen LogP contribution in [0.15, 0.2) is 200 Å². The second-order valence-electron chi connectivity index (χ2n) is 16.4. The van der Waals surface area contributed by atoms with Gasteiger partial charge < -0.3 is 4.57 Å². The average Bonchev–Trinajstić information content (AvgIpc) is 3.89. The highest BCUT2D eigenvalue weighted by Crippen LogP contribution is 2.49. The zero-order valence-electron chi connectivity index (χ0n) is 32.9. The molecule has 0 N–H and O–H groups in total. The van der Waals surface area contributed by atoms with E-state index >= 15 is 0 Å². The Kier molecular flexibility index (Phi) is 7.27. The molecular weight excluding hydrogens is 715 g/mol. The van der Waals surface area contributed by atoms with Gasteiger partial charge in [-0.25, -0.2) is 4.98 Å². The first-order valence-electron chi connectivity index (χ1n) is 20.5. The molecule has 3 aromatic heterocycles. The Labute approximate surface area is 343 Å². The van der Waals surface area contributed by atoms with Crippen molar-refractivity contribution in [3.63, 3.8) is 0 Å². The number of hydrogen-bond donors (Lipinski definition) is 0. The van der Waals surface area contributed by atoms with Crippen molar-refractivity contribution in [3.05, 3.63) is 211 Å². The van der Waals surface area contributed by atoms with E-state index in [4.69, 9.17) is 4.98 Å². The van der Waals surface area contributed by atoms with Crippen molar-refractivity contribution in [1.29, 1.82) is 0 Å². The van der Waals surface area contributed by atoms with Gasteiger partial charge in [-0.3, -0.25) is 4.57 Å². The minimum atomic E-state index is -0.0418. The lowest BCUT2D eigenvalue weighted by Gasteiger charge is -2.22. The molecule has 0 fully saturated rings. The van der Waals surface area contributed by atoms with Gasteiger partial charge in [0.1, 0.15) is 5.82 Å². The molecule has 1 aliphatic carbocycles. The van der Waals surface area contributed by atoms with Crippen molar-refractivity contribution < 1.29 is 0 Å². The molecule has 0 aliphatic heterocycles. The molecule has 0 radical (unpaired) electrons. The third-order valence-corrected chi connectivity index (χ3v) is 12.8. The molecule has 8 aromatic carbocycles. The zero-order valence-corrected chi connectivity index (χ0v) is 32.9. The first-order valence-corrected chi connectivity index (χ1v) is 20.5. The number of para-hydroxylation sites is 3. The highest BCUT2D eigenvalue weighted by molar-refractivity contribution is 6.12. The quantitative estimate of drug-likeness (QED) is 0.172. The van der Waals surface area contributed by atoms with Gasteiger partial charge in [0.25, 0.3) is 0 Å². The first-order chi connectivity index (χ1) is 29.0. The highest BCUT2D eigenvalue weighted by atomic mass is 15.1. The predicted molar refractivity (Wildman–Crippen MR) is 247 cm³/mol. The largest absolute Gasteiger partial charge is 0.309 e. The van der Waals surface area contributed by atoms with Crippen LogP contribution in [-0.2, 0) is 5.41 Å². The lowest BCUT2D eigenvalue weighted by molar-refractivity contribution is 0.660. The Hall–Kier alpha value is -7.49. The van der Waals surface area contributed by atoms with Crippen LogP contribution in [0.3, 0.4) is 0 Å². The van der Waals surface area contributed by atoms with E-state index in [1.54, 1.807) is 0 Å². The Morgan fingerprint density at radius 1 is 0.356 bits per heavy atom. The van der Waals surface area contributed by atoms with Crippen molar-refractivity contribution in [2.24, 2.45) is 0 Å². The maximum atomic E-state index is 5.00. The van der Waals surface area contributed by atoms with Crippen molar-refractivity contribution in [2.45, 2.75) is 19.3 Å². The molecule has 1 aliphatic rings. The summed E-state index contributed by atoms with van der Waals surface area (Å²) < 4.78 is 4.71. The second-order valence-corrected chi connectivity index (χ2v) is 16.4. The molecule has 278 valence electrons. The van der Waals surface area contributed by atoms with E-state index in [9.17, 15) is 0 Å². The van der Waals surface area contributed by atoms with Crippen LogP contribution in [0.1, 0.15) is 25.0 Å². The molecule has 12 rings (SSSR count). The minimum absolute atomic E-state index is 0.0418. The summed E-state index contributed by atoms with van der Waals surface area (Å²) in [5.74, 6) is 0.901. The number of pyridine rings is 1. The number of fused-ring (bicyclic) bond motifs is 9. The molecule has 0 bridgehead atoms. The van der Waals surface area contributed by atoms with Crippen molar-refractivity contribution >= 4 is 43.6 Å². The van der Waals surface area contributed by atoms with Gasteiger partial charge in [-0.05, 0) is 122 Å². The molecule has 0 amide bonds. The molecule has 0 atom stereocenters. The van der Waals surface area contributed by atoms with Crippen LogP contribution >= 0.6 is 0 Å². The van der Waals surface area contributed by atoms with Crippen molar-refractivity contribution in [2.75, 3.05) is 0 Å². The standard InChI is InChI=1S/C56H39N3/c1-56(2)49-20-9-6-17-43(49)44-26-23-39(33-50(44)56)36-13-12-14-37(31-36)41-29-30-57-55(35-41)59-52-22-11-8-19-46(52)48-32-38(25-28-53(48)59)40-24-27-47-45-18-7-10-21-51(45)58(54(47)34-40)42-15-4-3-5-16-42/h3-35H,1-2H3. The number of nitrogens with zero attached hydrogens (tertiary/aromatic N) is 3. The molecule has 0 saturated heterocycles. The fourth-order valence-electron chi connectivity index (χ4n) is 9.89. The van der Waals surface area contributed by atoms with E-state index in [1.165, 1.54) is 82.6 Å². The van der Waals surface area contributed by atoms with Gasteiger partial charge in [0.2, 0.25) is 0 Å². The van der Waals surface area contributed by atoms with E-state index in [0.717, 1.165) is 28.1 Å². The molecule has 59 heavy (non-hydrogen) atoms. The molecule has 11 aromatic rings. The molecule has 0 saturated carbocycles. The van der Waals surface area contributed by atoms with Crippen LogP contribution in [0.4, 0.5) is 0 Å². The lowest BCUT2D eigenvalue weighted by Crippen LogP contribution is -2.14. The van der Waals surface area contributed by atoms with Gasteiger partial charge in [-0.15, -0.1) is 0 Å². The predicted octanol–water partition coefficient (Wildman–Crippen LogP) is 14.6. The van der Waals surface area contributed by atoms with Crippen molar-refractivity contribution in [1.82, 2.24) is 14.1 Å². The lowest BCUT2D eigenvalue weighted by atomic mass is 9.81. The van der Waals surface area contributed by atoms with Crippen molar-refractivity contribution in [3.8, 4) is 56.0 Å². The number of rotatable bonds is 5. The number of hydrogen-bond acceptors (Lipinski definition) is 1. The van der Waals surface area contributed by atoms with E-state index in [-0.39, 0.29) is 5.41 Å². The van der Waals surface area contributed by atoms with Crippen LogP contribution in [0.5, 0.6) is 0 Å². The van der Waals surface area contributed by atoms with Crippen LogP contribution < -0.4 is 0 Å². The molecule has 0 unspecified atom stereocenters. The van der Waals surface area contributed by atoms with Crippen LogP contribution in [0.25, 0.3) is 99.6 Å². The normalized spacial score (nSPS) is 13.1.